The second kappa shape index (κ2) is 7.84. The lowest BCUT2D eigenvalue weighted by molar-refractivity contribution is 0.219. The molecule has 4 heteroatoms. The Labute approximate surface area is 116 Å². The van der Waals surface area contributed by atoms with E-state index in [1.165, 1.54) is 5.56 Å². The molecule has 1 aromatic rings. The highest BCUT2D eigenvalue weighted by molar-refractivity contribution is 7.53. The normalized spacial score (nSPS) is 13.5. The predicted octanol–water partition coefficient (Wildman–Crippen LogP) is 4.97. The van der Waals surface area contributed by atoms with E-state index >= 15 is 0 Å². The van der Waals surface area contributed by atoms with Crippen molar-refractivity contribution in [2.45, 2.75) is 46.2 Å². The molecule has 0 aliphatic rings. The first-order valence-electron chi connectivity index (χ1n) is 7.01. The Hall–Kier alpha value is -0.630. The zero-order valence-electron chi connectivity index (χ0n) is 12.4. The monoisotopic (exact) mass is 284 g/mol. The summed E-state index contributed by atoms with van der Waals surface area (Å²) in [4.78, 5) is 0. The Bertz CT molecular complexity index is 404. The minimum absolute atomic E-state index is 0.343. The van der Waals surface area contributed by atoms with Crippen molar-refractivity contribution in [1.82, 2.24) is 0 Å². The molecule has 3 nitrogen and oxygen atoms in total. The van der Waals surface area contributed by atoms with Crippen LogP contribution in [0.2, 0.25) is 0 Å². The van der Waals surface area contributed by atoms with Gasteiger partial charge in [0.05, 0.1) is 19.4 Å². The Morgan fingerprint density at radius 2 is 1.58 bits per heavy atom. The fourth-order valence-corrected chi connectivity index (χ4v) is 3.63. The second-order valence-corrected chi connectivity index (χ2v) is 6.71. The maximum atomic E-state index is 12.4. The standard InChI is InChI=1S/C15H25O3P/c1-5-13(4)15-10-8-14(9-11-15)12-19(16,17-6-2)18-7-3/h8-11,13H,5-7,12H2,1-4H3. The van der Waals surface area contributed by atoms with Crippen LogP contribution >= 0.6 is 7.60 Å². The fraction of sp³-hybridized carbons (Fsp3) is 0.600. The summed E-state index contributed by atoms with van der Waals surface area (Å²) < 4.78 is 23.0. The van der Waals surface area contributed by atoms with Gasteiger partial charge in [-0.05, 0) is 37.3 Å². The molecule has 0 saturated heterocycles. The van der Waals surface area contributed by atoms with E-state index in [9.17, 15) is 4.57 Å². The van der Waals surface area contributed by atoms with Gasteiger partial charge in [-0.3, -0.25) is 4.57 Å². The van der Waals surface area contributed by atoms with E-state index in [1.807, 2.05) is 26.0 Å². The molecule has 0 bridgehead atoms. The number of hydrogen-bond acceptors (Lipinski definition) is 3. The highest BCUT2D eigenvalue weighted by Gasteiger charge is 2.23. The van der Waals surface area contributed by atoms with Crippen LogP contribution in [-0.4, -0.2) is 13.2 Å². The molecule has 19 heavy (non-hydrogen) atoms. The van der Waals surface area contributed by atoms with Crippen LogP contribution in [0.5, 0.6) is 0 Å². The van der Waals surface area contributed by atoms with E-state index in [0.29, 0.717) is 25.3 Å². The van der Waals surface area contributed by atoms with Crippen molar-refractivity contribution in [2.75, 3.05) is 13.2 Å². The Morgan fingerprint density at radius 3 is 2.00 bits per heavy atom. The van der Waals surface area contributed by atoms with Gasteiger partial charge in [-0.25, -0.2) is 0 Å². The van der Waals surface area contributed by atoms with Gasteiger partial charge in [-0.1, -0.05) is 38.1 Å². The van der Waals surface area contributed by atoms with Gasteiger partial charge in [0.1, 0.15) is 0 Å². The lowest BCUT2D eigenvalue weighted by Crippen LogP contribution is -1.99. The average Bonchev–Trinajstić information content (AvgIpc) is 2.39. The molecule has 0 radical (unpaired) electrons. The first-order valence-corrected chi connectivity index (χ1v) is 8.74. The predicted molar refractivity (Wildman–Crippen MR) is 79.7 cm³/mol. The summed E-state index contributed by atoms with van der Waals surface area (Å²) in [5.41, 5.74) is 2.31. The number of rotatable bonds is 8. The zero-order chi connectivity index (χ0) is 14.3. The zero-order valence-corrected chi connectivity index (χ0v) is 13.3. The average molecular weight is 284 g/mol. The summed E-state index contributed by atoms with van der Waals surface area (Å²) in [5, 5.41) is 0. The fourth-order valence-electron chi connectivity index (χ4n) is 1.93. The van der Waals surface area contributed by atoms with E-state index in [-0.39, 0.29) is 0 Å². The van der Waals surface area contributed by atoms with Gasteiger partial charge in [-0.15, -0.1) is 0 Å². The van der Waals surface area contributed by atoms with Crippen molar-refractivity contribution < 1.29 is 13.6 Å². The third-order valence-corrected chi connectivity index (χ3v) is 5.24. The number of benzene rings is 1. The molecule has 0 saturated carbocycles. The highest BCUT2D eigenvalue weighted by atomic mass is 31.2. The maximum Gasteiger partial charge on any atom is 0.335 e. The summed E-state index contributed by atoms with van der Waals surface area (Å²) in [6.07, 6.45) is 1.46. The van der Waals surface area contributed by atoms with E-state index in [1.54, 1.807) is 0 Å². The summed E-state index contributed by atoms with van der Waals surface area (Å²) in [6, 6.07) is 8.25. The first-order chi connectivity index (χ1) is 9.04. The third kappa shape index (κ3) is 5.10. The molecule has 0 aliphatic carbocycles. The highest BCUT2D eigenvalue weighted by Crippen LogP contribution is 2.51. The van der Waals surface area contributed by atoms with Gasteiger partial charge < -0.3 is 9.05 Å². The molecule has 0 spiro atoms. The van der Waals surface area contributed by atoms with Crippen LogP contribution in [0, 0.1) is 0 Å². The molecule has 1 aromatic carbocycles. The molecule has 0 aromatic heterocycles. The van der Waals surface area contributed by atoms with Crippen LogP contribution in [0.15, 0.2) is 24.3 Å². The summed E-state index contributed by atoms with van der Waals surface area (Å²) >= 11 is 0. The molecule has 0 aliphatic heterocycles. The largest absolute Gasteiger partial charge is 0.335 e. The van der Waals surface area contributed by atoms with E-state index in [4.69, 9.17) is 9.05 Å². The molecule has 1 atom stereocenters. The molecule has 1 unspecified atom stereocenters. The molecule has 0 amide bonds. The molecular formula is C15H25O3P. The Balaban J connectivity index is 2.78. The van der Waals surface area contributed by atoms with Crippen LogP contribution < -0.4 is 0 Å². The van der Waals surface area contributed by atoms with Crippen LogP contribution in [-0.2, 0) is 19.8 Å². The molecule has 1 rings (SSSR count). The van der Waals surface area contributed by atoms with Crippen LogP contribution in [0.3, 0.4) is 0 Å². The lowest BCUT2D eigenvalue weighted by atomic mass is 9.98. The van der Waals surface area contributed by atoms with Gasteiger partial charge in [-0.2, -0.15) is 0 Å². The van der Waals surface area contributed by atoms with Crippen LogP contribution in [0.1, 0.15) is 51.2 Å². The maximum absolute atomic E-state index is 12.4. The van der Waals surface area contributed by atoms with Gasteiger partial charge in [0.2, 0.25) is 0 Å². The van der Waals surface area contributed by atoms with E-state index < -0.39 is 7.60 Å². The first kappa shape index (κ1) is 16.4. The van der Waals surface area contributed by atoms with Crippen LogP contribution in [0.25, 0.3) is 0 Å². The summed E-state index contributed by atoms with van der Waals surface area (Å²) in [7, 11) is -2.99. The molecule has 0 heterocycles. The van der Waals surface area contributed by atoms with Gasteiger partial charge in [0.15, 0.2) is 0 Å². The Kier molecular flexibility index (Phi) is 6.78. The van der Waals surface area contributed by atoms with Gasteiger partial charge in [0, 0.05) is 0 Å². The third-order valence-electron chi connectivity index (χ3n) is 3.19. The van der Waals surface area contributed by atoms with Crippen molar-refractivity contribution in [1.29, 1.82) is 0 Å². The minimum atomic E-state index is -2.99. The van der Waals surface area contributed by atoms with E-state index in [2.05, 4.69) is 26.0 Å². The topological polar surface area (TPSA) is 35.5 Å². The molecule has 108 valence electrons. The molecular weight excluding hydrogens is 259 g/mol. The summed E-state index contributed by atoms with van der Waals surface area (Å²) in [6.45, 7) is 8.86. The lowest BCUT2D eigenvalue weighted by Gasteiger charge is -2.17. The van der Waals surface area contributed by atoms with Gasteiger partial charge >= 0.3 is 7.60 Å². The van der Waals surface area contributed by atoms with Crippen molar-refractivity contribution in [3.8, 4) is 0 Å². The van der Waals surface area contributed by atoms with E-state index in [0.717, 1.165) is 12.0 Å². The Morgan fingerprint density at radius 1 is 1.05 bits per heavy atom. The van der Waals surface area contributed by atoms with Crippen molar-refractivity contribution in [2.24, 2.45) is 0 Å². The van der Waals surface area contributed by atoms with Gasteiger partial charge in [0.25, 0.3) is 0 Å². The van der Waals surface area contributed by atoms with Crippen molar-refractivity contribution in [3.63, 3.8) is 0 Å². The summed E-state index contributed by atoms with van der Waals surface area (Å²) in [5.74, 6) is 0.555. The SMILES string of the molecule is CCOP(=O)(Cc1ccc(C(C)CC)cc1)OCC. The quantitative estimate of drug-likeness (QED) is 0.632. The van der Waals surface area contributed by atoms with Crippen molar-refractivity contribution >= 4 is 7.60 Å². The smallest absolute Gasteiger partial charge is 0.309 e. The minimum Gasteiger partial charge on any atom is -0.309 e. The number of hydrogen-bond donors (Lipinski definition) is 0. The second-order valence-electron chi connectivity index (χ2n) is 4.66. The van der Waals surface area contributed by atoms with Crippen LogP contribution in [0.4, 0.5) is 0 Å². The molecule has 0 fully saturated rings. The van der Waals surface area contributed by atoms with Crippen molar-refractivity contribution in [3.05, 3.63) is 35.4 Å². The molecule has 0 N–H and O–H groups in total.